The van der Waals surface area contributed by atoms with E-state index in [1.807, 2.05) is 44.6 Å². The molecule has 0 spiro atoms. The van der Waals surface area contributed by atoms with Gasteiger partial charge in [-0.1, -0.05) is 51.1 Å². The van der Waals surface area contributed by atoms with E-state index in [1.54, 1.807) is 27.9 Å². The van der Waals surface area contributed by atoms with E-state index in [2.05, 4.69) is 71.7 Å². The molecule has 1 aliphatic heterocycles. The fraction of sp³-hybridized carbons (Fsp3) is 0.343. The minimum atomic E-state index is -0.776. The number of ether oxygens (including phenoxy) is 1. The largest absolute Gasteiger partial charge is 0.488 e. The van der Waals surface area contributed by atoms with Crippen LogP contribution in [0.5, 0.6) is 5.75 Å². The Morgan fingerprint density at radius 3 is 2.36 bits per heavy atom. The monoisotopic (exact) mass is 605 g/mol. The molecule has 4 heterocycles. The van der Waals surface area contributed by atoms with Crippen LogP contribution in [0, 0.1) is 0 Å². The van der Waals surface area contributed by atoms with Crippen LogP contribution >= 0.6 is 0 Å². The summed E-state index contributed by atoms with van der Waals surface area (Å²) in [5.74, 6) is 1.62. The molecule has 10 nitrogen and oxygen atoms in total. The minimum Gasteiger partial charge on any atom is -0.488 e. The molecule has 232 valence electrons. The van der Waals surface area contributed by atoms with Crippen molar-refractivity contribution in [1.29, 1.82) is 0 Å². The summed E-state index contributed by atoms with van der Waals surface area (Å²) in [4.78, 5) is 20.5. The van der Waals surface area contributed by atoms with Gasteiger partial charge in [0, 0.05) is 63.0 Å². The molecule has 1 N–H and O–H groups in total. The Hall–Kier alpha value is -4.83. The number of imidazole rings is 2. The molecule has 6 aromatic rings. The van der Waals surface area contributed by atoms with Crippen molar-refractivity contribution in [3.05, 3.63) is 88.9 Å². The number of hydrogen-bond acceptors (Lipinski definition) is 6. The second-order valence-electron chi connectivity index (χ2n) is 13.6. The number of aliphatic hydroxyl groups is 1. The van der Waals surface area contributed by atoms with Crippen molar-refractivity contribution in [3.8, 4) is 22.6 Å². The molecule has 0 bridgehead atoms. The highest BCUT2D eigenvalue weighted by molar-refractivity contribution is 5.94. The molecule has 0 atom stereocenters. The smallest absolute Gasteiger partial charge is 0.328 e. The number of nitrogens with zero attached hydrogens (tertiary/aromatic N) is 7. The molecule has 1 fully saturated rings. The summed E-state index contributed by atoms with van der Waals surface area (Å²) >= 11 is 0. The quantitative estimate of drug-likeness (QED) is 0.285. The average molecular weight is 606 g/mol. The number of aryl methyl sites for hydroxylation is 3. The highest BCUT2D eigenvalue weighted by Crippen LogP contribution is 2.40. The fourth-order valence-corrected chi connectivity index (χ4v) is 6.44. The molecule has 10 heteroatoms. The Balaban J connectivity index is 1.48. The van der Waals surface area contributed by atoms with Gasteiger partial charge in [-0.25, -0.2) is 9.78 Å². The van der Waals surface area contributed by atoms with Crippen LogP contribution in [-0.4, -0.2) is 52.3 Å². The maximum absolute atomic E-state index is 13.2. The molecule has 1 aliphatic rings. The van der Waals surface area contributed by atoms with E-state index in [9.17, 15) is 9.90 Å². The summed E-state index contributed by atoms with van der Waals surface area (Å²) in [6.45, 7) is 9.69. The van der Waals surface area contributed by atoms with E-state index in [4.69, 9.17) is 9.72 Å². The number of rotatable bonds is 6. The van der Waals surface area contributed by atoms with Crippen molar-refractivity contribution >= 4 is 27.8 Å². The van der Waals surface area contributed by atoms with E-state index in [-0.39, 0.29) is 11.1 Å². The lowest BCUT2D eigenvalue weighted by molar-refractivity contribution is 0.0312. The third-order valence-corrected chi connectivity index (χ3v) is 8.67. The van der Waals surface area contributed by atoms with E-state index in [0.29, 0.717) is 19.7 Å². The van der Waals surface area contributed by atoms with Gasteiger partial charge < -0.3 is 14.7 Å². The summed E-state index contributed by atoms with van der Waals surface area (Å²) in [5, 5.41) is 15.0. The topological polar surface area (TPSA) is 95.3 Å². The van der Waals surface area contributed by atoms with Gasteiger partial charge in [0.2, 0.25) is 0 Å². The van der Waals surface area contributed by atoms with Crippen LogP contribution in [-0.2, 0) is 33.2 Å². The SMILES string of the molecule is Cn1cc(-c2cc3nc(C(C)(C)C)n(-c4cc(N5CC(C)(O)C5)c5c(c4)n(C)c(=O)n5C)c3cc2OCc2ccccc2)cn1. The first-order valence-corrected chi connectivity index (χ1v) is 15.2. The lowest BCUT2D eigenvalue weighted by atomic mass is 9.95. The Labute approximate surface area is 261 Å². The molecule has 0 radical (unpaired) electrons. The van der Waals surface area contributed by atoms with Crippen molar-refractivity contribution in [2.45, 2.75) is 45.3 Å². The Morgan fingerprint density at radius 2 is 1.71 bits per heavy atom. The molecule has 0 saturated carbocycles. The predicted molar refractivity (Wildman–Crippen MR) is 177 cm³/mol. The number of aromatic nitrogens is 6. The van der Waals surface area contributed by atoms with Crippen molar-refractivity contribution in [2.24, 2.45) is 21.1 Å². The van der Waals surface area contributed by atoms with Gasteiger partial charge in [0.15, 0.2) is 0 Å². The van der Waals surface area contributed by atoms with Crippen LogP contribution in [0.1, 0.15) is 39.1 Å². The van der Waals surface area contributed by atoms with Gasteiger partial charge in [-0.15, -0.1) is 0 Å². The zero-order valence-corrected chi connectivity index (χ0v) is 26.9. The van der Waals surface area contributed by atoms with E-state index in [0.717, 1.165) is 61.7 Å². The van der Waals surface area contributed by atoms with Crippen molar-refractivity contribution in [2.75, 3.05) is 18.0 Å². The number of benzene rings is 3. The first-order valence-electron chi connectivity index (χ1n) is 15.2. The molecule has 3 aromatic heterocycles. The molecule has 3 aromatic carbocycles. The average Bonchev–Trinajstić information content (AvgIpc) is 3.65. The van der Waals surface area contributed by atoms with Crippen molar-refractivity contribution in [3.63, 3.8) is 0 Å². The van der Waals surface area contributed by atoms with E-state index < -0.39 is 5.60 Å². The Kier molecular flexibility index (Phi) is 6.49. The predicted octanol–water partition coefficient (Wildman–Crippen LogP) is 5.06. The highest BCUT2D eigenvalue weighted by atomic mass is 16.5. The molecule has 7 rings (SSSR count). The molecular formula is C35H39N7O3. The van der Waals surface area contributed by atoms with Gasteiger partial charge in [0.25, 0.3) is 0 Å². The zero-order valence-electron chi connectivity index (χ0n) is 26.9. The second-order valence-corrected chi connectivity index (χ2v) is 13.6. The van der Waals surface area contributed by atoms with Crippen LogP contribution in [0.4, 0.5) is 5.69 Å². The third-order valence-electron chi connectivity index (χ3n) is 8.67. The lowest BCUT2D eigenvalue weighted by Crippen LogP contribution is -2.60. The molecule has 0 amide bonds. The van der Waals surface area contributed by atoms with Gasteiger partial charge >= 0.3 is 5.69 Å². The van der Waals surface area contributed by atoms with Crippen LogP contribution in [0.25, 0.3) is 38.9 Å². The lowest BCUT2D eigenvalue weighted by Gasteiger charge is -2.46. The van der Waals surface area contributed by atoms with E-state index >= 15 is 0 Å². The summed E-state index contributed by atoms with van der Waals surface area (Å²) in [5.41, 5.74) is 6.94. The second kappa shape index (κ2) is 10.1. The standard InChI is InChI=1S/C35H39N7O3/c1-34(2,3)32-37-26-15-25(23-17-36-38(5)18-23)30(45-19-22-11-9-8-10-12-22)16-27(26)42(32)24-13-28-31(40(7)33(43)39(28)6)29(14-24)41-20-35(4,44)21-41/h8-18,44H,19-21H2,1-7H3. The van der Waals surface area contributed by atoms with Crippen molar-refractivity contribution in [1.82, 2.24) is 28.5 Å². The maximum atomic E-state index is 13.2. The van der Waals surface area contributed by atoms with Gasteiger partial charge in [-0.2, -0.15) is 5.10 Å². The van der Waals surface area contributed by atoms with Crippen LogP contribution < -0.4 is 15.3 Å². The van der Waals surface area contributed by atoms with Gasteiger partial charge in [-0.3, -0.25) is 18.4 Å². The molecule has 45 heavy (non-hydrogen) atoms. The fourth-order valence-electron chi connectivity index (χ4n) is 6.44. The third kappa shape index (κ3) is 4.89. The first-order chi connectivity index (χ1) is 21.3. The molecule has 1 saturated heterocycles. The molecule has 0 aliphatic carbocycles. The summed E-state index contributed by atoms with van der Waals surface area (Å²) in [7, 11) is 5.51. The van der Waals surface area contributed by atoms with Crippen LogP contribution in [0.2, 0.25) is 0 Å². The number of anilines is 1. The van der Waals surface area contributed by atoms with E-state index in [1.165, 1.54) is 0 Å². The van der Waals surface area contributed by atoms with Crippen LogP contribution in [0.3, 0.4) is 0 Å². The molecule has 0 unspecified atom stereocenters. The number of hydrogen-bond donors (Lipinski definition) is 1. The van der Waals surface area contributed by atoms with Gasteiger partial charge in [-0.05, 0) is 30.7 Å². The Morgan fingerprint density at radius 1 is 0.978 bits per heavy atom. The number of fused-ring (bicyclic) bond motifs is 2. The summed E-state index contributed by atoms with van der Waals surface area (Å²) in [6, 6.07) is 18.5. The minimum absolute atomic E-state index is 0.0973. The zero-order chi connectivity index (χ0) is 31.8. The number of β-amino-alcohol motifs (C(OH)–C–C–N with tert-alkyl or cyclic N) is 1. The van der Waals surface area contributed by atoms with Crippen molar-refractivity contribution < 1.29 is 9.84 Å². The van der Waals surface area contributed by atoms with Crippen LogP contribution in [0.15, 0.2) is 71.8 Å². The highest BCUT2D eigenvalue weighted by Gasteiger charge is 2.38. The molecular weight excluding hydrogens is 566 g/mol. The first kappa shape index (κ1) is 28.9. The van der Waals surface area contributed by atoms with Gasteiger partial charge in [0.1, 0.15) is 18.2 Å². The van der Waals surface area contributed by atoms with Gasteiger partial charge in [0.05, 0.1) is 45.2 Å². The summed E-state index contributed by atoms with van der Waals surface area (Å²) in [6.07, 6.45) is 3.83. The summed E-state index contributed by atoms with van der Waals surface area (Å²) < 4.78 is 13.9. The normalized spacial score (nSPS) is 14.8. The maximum Gasteiger partial charge on any atom is 0.328 e. The Bertz CT molecular complexity index is 2130.